The predicted molar refractivity (Wildman–Crippen MR) is 143 cm³/mol. The first-order chi connectivity index (χ1) is 17.3. The molecule has 4 rings (SSSR count). The molecule has 2 aromatic carbocycles. The second kappa shape index (κ2) is 11.0. The molecule has 36 heavy (non-hydrogen) atoms. The third-order valence-corrected chi connectivity index (χ3v) is 6.58. The summed E-state index contributed by atoms with van der Waals surface area (Å²) in [4.78, 5) is 28.5. The zero-order valence-electron chi connectivity index (χ0n) is 21.5. The molecule has 1 saturated heterocycles. The van der Waals surface area contributed by atoms with E-state index in [-0.39, 0.29) is 11.3 Å². The zero-order valence-corrected chi connectivity index (χ0v) is 21.5. The summed E-state index contributed by atoms with van der Waals surface area (Å²) in [6, 6.07) is 13.0. The molecule has 1 aromatic heterocycles. The van der Waals surface area contributed by atoms with Crippen LogP contribution in [0, 0.1) is 5.92 Å². The lowest BCUT2D eigenvalue weighted by Crippen LogP contribution is -2.24. The number of hydrogen-bond donors (Lipinski definition) is 4. The molecule has 0 saturated carbocycles. The van der Waals surface area contributed by atoms with Crippen molar-refractivity contribution in [3.63, 3.8) is 0 Å². The minimum Gasteiger partial charge on any atom is -0.493 e. The van der Waals surface area contributed by atoms with Crippen LogP contribution in [0.1, 0.15) is 56.2 Å². The summed E-state index contributed by atoms with van der Waals surface area (Å²) in [5, 5.41) is 10.2. The fourth-order valence-electron chi connectivity index (χ4n) is 4.41. The van der Waals surface area contributed by atoms with Crippen molar-refractivity contribution in [2.45, 2.75) is 45.4 Å². The minimum atomic E-state index is -0.432. The van der Waals surface area contributed by atoms with Crippen molar-refractivity contribution in [2.75, 3.05) is 37.5 Å². The van der Waals surface area contributed by atoms with Gasteiger partial charge in [0.1, 0.15) is 11.4 Å². The molecule has 0 atom stereocenters. The Morgan fingerprint density at radius 1 is 1.03 bits per heavy atom. The highest BCUT2D eigenvalue weighted by Crippen LogP contribution is 2.33. The lowest BCUT2D eigenvalue weighted by molar-refractivity contribution is 0.0594. The quantitative estimate of drug-likeness (QED) is 0.341. The molecular formula is C28H36N4O4. The van der Waals surface area contributed by atoms with Gasteiger partial charge in [-0.15, -0.1) is 0 Å². The van der Waals surface area contributed by atoms with Gasteiger partial charge < -0.3 is 30.4 Å². The summed E-state index contributed by atoms with van der Waals surface area (Å²) in [5.74, 6) is 1.14. The van der Waals surface area contributed by atoms with Gasteiger partial charge in [0, 0.05) is 42.1 Å². The molecule has 0 bridgehead atoms. The number of nitrogens with one attached hydrogen (secondary N) is 4. The van der Waals surface area contributed by atoms with Crippen LogP contribution in [0.4, 0.5) is 16.2 Å². The monoisotopic (exact) mass is 492 g/mol. The third kappa shape index (κ3) is 5.99. The number of ether oxygens (including phenoxy) is 2. The highest BCUT2D eigenvalue weighted by atomic mass is 16.5. The van der Waals surface area contributed by atoms with Crippen molar-refractivity contribution in [1.29, 1.82) is 0 Å². The maximum Gasteiger partial charge on any atom is 0.323 e. The van der Waals surface area contributed by atoms with Crippen molar-refractivity contribution in [2.24, 2.45) is 5.92 Å². The van der Waals surface area contributed by atoms with Gasteiger partial charge in [-0.2, -0.15) is 0 Å². The van der Waals surface area contributed by atoms with Gasteiger partial charge >= 0.3 is 6.03 Å². The SMILES string of the molecule is CNC(=O)c1[nH]c(C(C)(C)C)cc1NC(=O)Nc1ccc(OCCC2CCOCC2)c2ccccc12. The topological polar surface area (TPSA) is 104 Å². The standard InChI is InChI=1S/C28H36N4O4/c1-28(2,3)24-17-22(25(32-24)26(33)29-4)31-27(34)30-21-9-10-23(20-8-6-5-7-19(20)21)36-16-13-18-11-14-35-15-12-18/h5-10,17-18,32H,11-16H2,1-4H3,(H,29,33)(H2,30,31,34). The first-order valence-corrected chi connectivity index (χ1v) is 12.5. The molecule has 1 aliphatic rings. The minimum absolute atomic E-state index is 0.212. The van der Waals surface area contributed by atoms with Gasteiger partial charge in [0.2, 0.25) is 0 Å². The van der Waals surface area contributed by atoms with Gasteiger partial charge in [-0.3, -0.25) is 4.79 Å². The normalized spacial score (nSPS) is 14.4. The number of anilines is 2. The molecule has 3 amide bonds. The van der Waals surface area contributed by atoms with E-state index in [0.717, 1.165) is 54.7 Å². The fourth-order valence-corrected chi connectivity index (χ4v) is 4.41. The number of amides is 3. The van der Waals surface area contributed by atoms with Gasteiger partial charge in [0.05, 0.1) is 18.0 Å². The summed E-state index contributed by atoms with van der Waals surface area (Å²) in [6.45, 7) is 8.43. The van der Waals surface area contributed by atoms with Crippen molar-refractivity contribution in [3.8, 4) is 5.75 Å². The number of fused-ring (bicyclic) bond motifs is 1. The van der Waals surface area contributed by atoms with Crippen molar-refractivity contribution in [1.82, 2.24) is 10.3 Å². The first kappa shape index (κ1) is 25.6. The largest absolute Gasteiger partial charge is 0.493 e. The summed E-state index contributed by atoms with van der Waals surface area (Å²) in [7, 11) is 1.56. The van der Waals surface area contributed by atoms with Crippen LogP contribution >= 0.6 is 0 Å². The molecular weight excluding hydrogens is 456 g/mol. The van der Waals surface area contributed by atoms with Crippen LogP contribution in [-0.4, -0.2) is 43.8 Å². The summed E-state index contributed by atoms with van der Waals surface area (Å²) in [5.41, 5.74) is 2.04. The number of benzene rings is 2. The number of urea groups is 1. The predicted octanol–water partition coefficient (Wildman–Crippen LogP) is 5.66. The van der Waals surface area contributed by atoms with E-state index in [9.17, 15) is 9.59 Å². The van der Waals surface area contributed by atoms with Crippen LogP contribution in [0.3, 0.4) is 0 Å². The molecule has 8 nitrogen and oxygen atoms in total. The number of aromatic nitrogens is 1. The second-order valence-corrected chi connectivity index (χ2v) is 10.2. The molecule has 1 aliphatic heterocycles. The van der Waals surface area contributed by atoms with E-state index in [2.05, 4.69) is 20.9 Å². The van der Waals surface area contributed by atoms with Crippen LogP contribution in [0.2, 0.25) is 0 Å². The number of hydrogen-bond acceptors (Lipinski definition) is 4. The molecule has 192 valence electrons. The van der Waals surface area contributed by atoms with Crippen molar-refractivity contribution < 1.29 is 19.1 Å². The molecule has 0 radical (unpaired) electrons. The Labute approximate surface area is 212 Å². The van der Waals surface area contributed by atoms with E-state index in [1.54, 1.807) is 13.1 Å². The van der Waals surface area contributed by atoms with E-state index in [1.807, 2.05) is 57.2 Å². The van der Waals surface area contributed by atoms with E-state index in [0.29, 0.717) is 29.6 Å². The molecule has 3 aromatic rings. The number of rotatable bonds is 7. The molecule has 1 fully saturated rings. The Balaban J connectivity index is 1.48. The van der Waals surface area contributed by atoms with Crippen LogP contribution < -0.4 is 20.7 Å². The Kier molecular flexibility index (Phi) is 7.84. The summed E-state index contributed by atoms with van der Waals surface area (Å²) in [6.07, 6.45) is 3.17. The Bertz CT molecular complexity index is 1220. The number of aromatic amines is 1. The van der Waals surface area contributed by atoms with E-state index in [4.69, 9.17) is 9.47 Å². The van der Waals surface area contributed by atoms with Gasteiger partial charge in [-0.05, 0) is 43.4 Å². The Morgan fingerprint density at radius 2 is 1.72 bits per heavy atom. The Hall–Kier alpha value is -3.52. The first-order valence-electron chi connectivity index (χ1n) is 12.5. The molecule has 0 unspecified atom stereocenters. The highest BCUT2D eigenvalue weighted by molar-refractivity contribution is 6.09. The molecule has 0 aliphatic carbocycles. The Morgan fingerprint density at radius 3 is 2.42 bits per heavy atom. The van der Waals surface area contributed by atoms with E-state index < -0.39 is 6.03 Å². The number of carbonyl (C=O) groups excluding carboxylic acids is 2. The van der Waals surface area contributed by atoms with Gasteiger partial charge in [0.25, 0.3) is 5.91 Å². The molecule has 2 heterocycles. The van der Waals surface area contributed by atoms with E-state index in [1.165, 1.54) is 0 Å². The van der Waals surface area contributed by atoms with E-state index >= 15 is 0 Å². The third-order valence-electron chi connectivity index (χ3n) is 6.58. The smallest absolute Gasteiger partial charge is 0.323 e. The zero-order chi connectivity index (χ0) is 25.7. The maximum absolute atomic E-state index is 13.0. The maximum atomic E-state index is 13.0. The van der Waals surface area contributed by atoms with Crippen LogP contribution in [0.15, 0.2) is 42.5 Å². The number of H-pyrrole nitrogens is 1. The van der Waals surface area contributed by atoms with Gasteiger partial charge in [-0.25, -0.2) is 4.79 Å². The average molecular weight is 493 g/mol. The molecule has 8 heteroatoms. The summed E-state index contributed by atoms with van der Waals surface area (Å²) < 4.78 is 11.6. The van der Waals surface area contributed by atoms with Crippen LogP contribution in [-0.2, 0) is 10.2 Å². The van der Waals surface area contributed by atoms with Crippen LogP contribution in [0.25, 0.3) is 10.8 Å². The van der Waals surface area contributed by atoms with Crippen LogP contribution in [0.5, 0.6) is 5.75 Å². The van der Waals surface area contributed by atoms with Gasteiger partial charge in [0.15, 0.2) is 0 Å². The second-order valence-electron chi connectivity index (χ2n) is 10.2. The molecule has 0 spiro atoms. The molecule has 4 N–H and O–H groups in total. The average Bonchev–Trinajstić information content (AvgIpc) is 3.29. The van der Waals surface area contributed by atoms with Crippen molar-refractivity contribution in [3.05, 3.63) is 53.9 Å². The fraction of sp³-hybridized carbons (Fsp3) is 0.429. The summed E-state index contributed by atoms with van der Waals surface area (Å²) >= 11 is 0. The lowest BCUT2D eigenvalue weighted by Gasteiger charge is -2.22. The highest BCUT2D eigenvalue weighted by Gasteiger charge is 2.23. The lowest BCUT2D eigenvalue weighted by atomic mass is 9.92. The number of carbonyl (C=O) groups is 2. The van der Waals surface area contributed by atoms with Crippen molar-refractivity contribution >= 4 is 34.1 Å². The van der Waals surface area contributed by atoms with Gasteiger partial charge in [-0.1, -0.05) is 45.0 Å².